The molecule has 2 aromatic rings. The summed E-state index contributed by atoms with van der Waals surface area (Å²) < 4.78 is 7.01. The van der Waals surface area contributed by atoms with Gasteiger partial charge in [0.25, 0.3) is 0 Å². The van der Waals surface area contributed by atoms with E-state index in [0.717, 1.165) is 11.3 Å². The van der Waals surface area contributed by atoms with Gasteiger partial charge in [-0.2, -0.15) is 0 Å². The molecule has 0 radical (unpaired) electrons. The lowest BCUT2D eigenvalue weighted by Gasteiger charge is -2.11. The molecule has 0 saturated heterocycles. The Morgan fingerprint density at radius 1 is 1.53 bits per heavy atom. The van der Waals surface area contributed by atoms with Gasteiger partial charge in [0.2, 0.25) is 0 Å². The highest BCUT2D eigenvalue weighted by atomic mass is 16.3. The average molecular weight is 204 g/mol. The molecule has 2 heterocycles. The minimum Gasteiger partial charge on any atom is -0.472 e. The molecule has 1 unspecified atom stereocenters. The van der Waals surface area contributed by atoms with E-state index in [1.807, 2.05) is 0 Å². The Morgan fingerprint density at radius 2 is 2.40 bits per heavy atom. The molecule has 1 N–H and O–H groups in total. The summed E-state index contributed by atoms with van der Waals surface area (Å²) in [5, 5.41) is 10.1. The van der Waals surface area contributed by atoms with Gasteiger partial charge in [-0.1, -0.05) is 0 Å². The van der Waals surface area contributed by atoms with Crippen molar-refractivity contribution in [1.29, 1.82) is 0 Å². The van der Waals surface area contributed by atoms with Gasteiger partial charge >= 0.3 is 0 Å². The lowest BCUT2D eigenvalue weighted by molar-refractivity contribution is 0.209. The predicted molar refractivity (Wildman–Crippen MR) is 53.3 cm³/mol. The van der Waals surface area contributed by atoms with Crippen molar-refractivity contribution in [3.05, 3.63) is 42.4 Å². The van der Waals surface area contributed by atoms with E-state index in [-0.39, 0.29) is 0 Å². The maximum atomic E-state index is 10.1. The van der Waals surface area contributed by atoms with E-state index in [1.54, 1.807) is 31.1 Å². The fraction of sp³-hybridized carbons (Fsp3) is 0.364. The third-order valence-corrected chi connectivity index (χ3v) is 2.78. The quantitative estimate of drug-likeness (QED) is 0.830. The summed E-state index contributed by atoms with van der Waals surface area (Å²) in [6.45, 7) is 0. The predicted octanol–water partition coefficient (Wildman–Crippen LogP) is 1.89. The molecule has 2 aromatic heterocycles. The Balaban J connectivity index is 1.94. The van der Waals surface area contributed by atoms with Crippen molar-refractivity contribution in [1.82, 2.24) is 9.55 Å². The molecular weight excluding hydrogens is 192 g/mol. The molecule has 1 fully saturated rings. The van der Waals surface area contributed by atoms with E-state index in [0.29, 0.717) is 6.04 Å². The van der Waals surface area contributed by atoms with Crippen LogP contribution in [-0.4, -0.2) is 14.7 Å². The van der Waals surface area contributed by atoms with Gasteiger partial charge in [0.1, 0.15) is 6.10 Å². The molecule has 4 heteroatoms. The second-order valence-electron chi connectivity index (χ2n) is 3.92. The minimum absolute atomic E-state index is 0.532. The Morgan fingerprint density at radius 3 is 3.07 bits per heavy atom. The van der Waals surface area contributed by atoms with Crippen LogP contribution in [0.1, 0.15) is 36.2 Å². The molecule has 0 aliphatic heterocycles. The van der Waals surface area contributed by atoms with Crippen LogP contribution in [0.5, 0.6) is 0 Å². The molecule has 78 valence electrons. The number of aromatic nitrogens is 2. The van der Waals surface area contributed by atoms with Gasteiger partial charge in [0, 0.05) is 11.6 Å². The minimum atomic E-state index is -0.633. The van der Waals surface area contributed by atoms with E-state index in [4.69, 9.17) is 4.42 Å². The van der Waals surface area contributed by atoms with Crippen molar-refractivity contribution in [2.45, 2.75) is 25.0 Å². The van der Waals surface area contributed by atoms with Gasteiger partial charge in [-0.25, -0.2) is 4.98 Å². The van der Waals surface area contributed by atoms with E-state index in [2.05, 4.69) is 9.55 Å². The van der Waals surface area contributed by atoms with Crippen molar-refractivity contribution >= 4 is 0 Å². The number of aliphatic hydroxyl groups is 1. The van der Waals surface area contributed by atoms with Crippen LogP contribution in [0.3, 0.4) is 0 Å². The summed E-state index contributed by atoms with van der Waals surface area (Å²) in [5.41, 5.74) is 1.62. The van der Waals surface area contributed by atoms with Crippen molar-refractivity contribution in [2.75, 3.05) is 0 Å². The molecular formula is C11H12N2O2. The third kappa shape index (κ3) is 1.47. The van der Waals surface area contributed by atoms with Crippen LogP contribution in [0.15, 0.2) is 35.5 Å². The molecule has 0 spiro atoms. The maximum absolute atomic E-state index is 10.1. The van der Waals surface area contributed by atoms with Gasteiger partial charge in [-0.15, -0.1) is 0 Å². The number of hydrogen-bond acceptors (Lipinski definition) is 3. The van der Waals surface area contributed by atoms with Gasteiger partial charge in [0.15, 0.2) is 0 Å². The molecule has 0 bridgehead atoms. The molecule has 0 amide bonds. The molecule has 4 nitrogen and oxygen atoms in total. The highest BCUT2D eigenvalue weighted by Crippen LogP contribution is 2.37. The summed E-state index contributed by atoms with van der Waals surface area (Å²) in [5.74, 6) is 0. The second-order valence-corrected chi connectivity index (χ2v) is 3.92. The number of hydrogen-bond donors (Lipinski definition) is 1. The molecule has 1 saturated carbocycles. The highest BCUT2D eigenvalue weighted by molar-refractivity contribution is 5.21. The molecule has 15 heavy (non-hydrogen) atoms. The molecule has 3 rings (SSSR count). The highest BCUT2D eigenvalue weighted by Gasteiger charge is 2.27. The average Bonchev–Trinajstić information content (AvgIpc) is 2.82. The van der Waals surface area contributed by atoms with Crippen molar-refractivity contribution < 1.29 is 9.52 Å². The fourth-order valence-corrected chi connectivity index (χ4v) is 1.79. The first-order chi connectivity index (χ1) is 7.36. The standard InChI is InChI=1S/C11H12N2O2/c14-11(8-3-4-15-6-8)10-5-12-7-13(10)9-1-2-9/h3-7,9,11,14H,1-2H2. The number of rotatable bonds is 3. The first-order valence-electron chi connectivity index (χ1n) is 5.08. The lowest BCUT2D eigenvalue weighted by atomic mass is 10.1. The molecule has 1 aliphatic carbocycles. The van der Waals surface area contributed by atoms with Crippen LogP contribution in [0.4, 0.5) is 0 Å². The number of imidazole rings is 1. The monoisotopic (exact) mass is 204 g/mol. The van der Waals surface area contributed by atoms with Gasteiger partial charge in [-0.3, -0.25) is 0 Å². The Hall–Kier alpha value is -1.55. The first-order valence-corrected chi connectivity index (χ1v) is 5.08. The number of furan rings is 1. The topological polar surface area (TPSA) is 51.2 Å². The van der Waals surface area contributed by atoms with Crippen molar-refractivity contribution in [3.63, 3.8) is 0 Å². The van der Waals surface area contributed by atoms with Crippen LogP contribution in [-0.2, 0) is 0 Å². The maximum Gasteiger partial charge on any atom is 0.124 e. The van der Waals surface area contributed by atoms with Gasteiger partial charge in [0.05, 0.1) is 30.7 Å². The number of aliphatic hydroxyl groups excluding tert-OH is 1. The third-order valence-electron chi connectivity index (χ3n) is 2.78. The van der Waals surface area contributed by atoms with Crippen LogP contribution < -0.4 is 0 Å². The summed E-state index contributed by atoms with van der Waals surface area (Å²) in [4.78, 5) is 4.09. The van der Waals surface area contributed by atoms with Crippen molar-refractivity contribution in [2.24, 2.45) is 0 Å². The molecule has 1 aliphatic rings. The van der Waals surface area contributed by atoms with Crippen LogP contribution in [0, 0.1) is 0 Å². The fourth-order valence-electron chi connectivity index (χ4n) is 1.79. The second kappa shape index (κ2) is 3.24. The van der Waals surface area contributed by atoms with Crippen LogP contribution >= 0.6 is 0 Å². The smallest absolute Gasteiger partial charge is 0.124 e. The van der Waals surface area contributed by atoms with Crippen molar-refractivity contribution in [3.8, 4) is 0 Å². The van der Waals surface area contributed by atoms with E-state index in [1.165, 1.54) is 12.8 Å². The van der Waals surface area contributed by atoms with Gasteiger partial charge in [-0.05, 0) is 18.9 Å². The Bertz CT molecular complexity index is 443. The summed E-state index contributed by atoms with van der Waals surface area (Å²) in [7, 11) is 0. The SMILES string of the molecule is OC(c1ccoc1)c1cncn1C1CC1. The Labute approximate surface area is 87.2 Å². The first kappa shape index (κ1) is 8.73. The zero-order chi connectivity index (χ0) is 10.3. The Kier molecular flexibility index (Phi) is 1.89. The largest absolute Gasteiger partial charge is 0.472 e. The molecule has 1 atom stereocenters. The summed E-state index contributed by atoms with van der Waals surface area (Å²) in [6.07, 6.45) is 8.37. The van der Waals surface area contributed by atoms with Crippen LogP contribution in [0.25, 0.3) is 0 Å². The van der Waals surface area contributed by atoms with E-state index >= 15 is 0 Å². The summed E-state index contributed by atoms with van der Waals surface area (Å²) in [6, 6.07) is 2.30. The normalized spacial score (nSPS) is 17.9. The zero-order valence-electron chi connectivity index (χ0n) is 8.21. The van der Waals surface area contributed by atoms with Gasteiger partial charge < -0.3 is 14.1 Å². The number of nitrogens with zero attached hydrogens (tertiary/aromatic N) is 2. The van der Waals surface area contributed by atoms with E-state index in [9.17, 15) is 5.11 Å². The summed E-state index contributed by atoms with van der Waals surface area (Å²) >= 11 is 0. The van der Waals surface area contributed by atoms with E-state index < -0.39 is 6.10 Å². The molecule has 0 aromatic carbocycles. The van der Waals surface area contributed by atoms with Crippen LogP contribution in [0.2, 0.25) is 0 Å². The zero-order valence-corrected chi connectivity index (χ0v) is 8.21. The lowest BCUT2D eigenvalue weighted by Crippen LogP contribution is -2.06.